The van der Waals surface area contributed by atoms with Crippen LogP contribution in [0.25, 0.3) is 0 Å². The van der Waals surface area contributed by atoms with Crippen molar-refractivity contribution < 1.29 is 19.1 Å². The van der Waals surface area contributed by atoms with E-state index in [9.17, 15) is 14.0 Å². The topological polar surface area (TPSA) is 81.7 Å². The zero-order valence-electron chi connectivity index (χ0n) is 12.8. The molecule has 7 heteroatoms. The number of amides is 3. The number of anilines is 2. The number of nitrogens with zero attached hydrogens (tertiary/aromatic N) is 1. The fourth-order valence-corrected chi connectivity index (χ4v) is 2.65. The molecular formula is C17H16FN3O3. The first-order valence-electron chi connectivity index (χ1n) is 7.44. The molecule has 2 aromatic rings. The third-order valence-electron chi connectivity index (χ3n) is 3.83. The Morgan fingerprint density at radius 3 is 2.50 bits per heavy atom. The molecule has 0 radical (unpaired) electrons. The summed E-state index contributed by atoms with van der Waals surface area (Å²) in [6.07, 6.45) is -0.333. The van der Waals surface area contributed by atoms with Crippen LogP contribution in [0.4, 0.5) is 25.4 Å². The van der Waals surface area contributed by atoms with Crippen LogP contribution in [0.2, 0.25) is 0 Å². The van der Waals surface area contributed by atoms with Gasteiger partial charge >= 0.3 is 12.1 Å². The highest BCUT2D eigenvalue weighted by atomic mass is 19.1. The number of fused-ring (bicyclic) bond motifs is 1. The molecule has 0 saturated carbocycles. The normalized spacial score (nSPS) is 13.1. The molecule has 0 saturated heterocycles. The van der Waals surface area contributed by atoms with E-state index in [2.05, 4.69) is 10.6 Å². The number of rotatable bonds is 2. The van der Waals surface area contributed by atoms with Gasteiger partial charge in [-0.3, -0.25) is 0 Å². The lowest BCUT2D eigenvalue weighted by molar-refractivity contribution is 0.140. The van der Waals surface area contributed by atoms with E-state index < -0.39 is 17.9 Å². The summed E-state index contributed by atoms with van der Waals surface area (Å²) in [7, 11) is 0. The molecule has 0 spiro atoms. The van der Waals surface area contributed by atoms with Crippen molar-refractivity contribution in [3.05, 3.63) is 59.4 Å². The van der Waals surface area contributed by atoms with Gasteiger partial charge in [-0.05, 0) is 47.9 Å². The van der Waals surface area contributed by atoms with Crippen molar-refractivity contribution in [2.45, 2.75) is 13.0 Å². The molecule has 2 aromatic carbocycles. The van der Waals surface area contributed by atoms with Gasteiger partial charge in [0.25, 0.3) is 0 Å². The second-order valence-electron chi connectivity index (χ2n) is 5.53. The quantitative estimate of drug-likeness (QED) is 0.788. The largest absolute Gasteiger partial charge is 0.465 e. The number of halogens is 1. The van der Waals surface area contributed by atoms with Gasteiger partial charge in [0.2, 0.25) is 0 Å². The lowest BCUT2D eigenvalue weighted by Crippen LogP contribution is -2.34. The van der Waals surface area contributed by atoms with Gasteiger partial charge in [0.1, 0.15) is 5.82 Å². The highest BCUT2D eigenvalue weighted by Gasteiger charge is 2.20. The van der Waals surface area contributed by atoms with Gasteiger partial charge in [0.05, 0.1) is 0 Å². The molecule has 0 aliphatic carbocycles. The van der Waals surface area contributed by atoms with Gasteiger partial charge in [-0.15, -0.1) is 0 Å². The number of nitrogens with one attached hydrogen (secondary N) is 2. The number of hydrogen-bond acceptors (Lipinski definition) is 2. The summed E-state index contributed by atoms with van der Waals surface area (Å²) < 4.78 is 13.1. The fourth-order valence-electron chi connectivity index (χ4n) is 2.65. The summed E-state index contributed by atoms with van der Waals surface area (Å²) in [5.74, 6) is -0.426. The Morgan fingerprint density at radius 1 is 1.04 bits per heavy atom. The summed E-state index contributed by atoms with van der Waals surface area (Å²) in [5, 5.41) is 14.3. The van der Waals surface area contributed by atoms with Crippen molar-refractivity contribution in [3.8, 4) is 0 Å². The van der Waals surface area contributed by atoms with Crippen LogP contribution >= 0.6 is 0 Å². The Morgan fingerprint density at radius 2 is 1.79 bits per heavy atom. The zero-order valence-corrected chi connectivity index (χ0v) is 12.8. The number of carbonyl (C=O) groups excluding carboxylic acids is 1. The Kier molecular flexibility index (Phi) is 4.33. The van der Waals surface area contributed by atoms with Crippen molar-refractivity contribution >= 4 is 23.5 Å². The van der Waals surface area contributed by atoms with Crippen LogP contribution in [0, 0.1) is 5.82 Å². The number of benzene rings is 2. The fraction of sp³-hybridized carbons (Fsp3) is 0.176. The first kappa shape index (κ1) is 15.8. The van der Waals surface area contributed by atoms with Crippen LogP contribution in [-0.4, -0.2) is 28.7 Å². The van der Waals surface area contributed by atoms with E-state index in [1.165, 1.54) is 23.1 Å². The predicted octanol–water partition coefficient (Wildman–Crippen LogP) is 3.51. The summed E-state index contributed by atoms with van der Waals surface area (Å²) in [4.78, 5) is 24.3. The molecule has 24 heavy (non-hydrogen) atoms. The molecule has 1 heterocycles. The van der Waals surface area contributed by atoms with Crippen molar-refractivity contribution in [1.29, 1.82) is 0 Å². The van der Waals surface area contributed by atoms with Gasteiger partial charge < -0.3 is 20.6 Å². The molecule has 1 aliphatic rings. The van der Waals surface area contributed by atoms with E-state index in [1.54, 1.807) is 12.1 Å². The van der Waals surface area contributed by atoms with E-state index in [1.807, 2.05) is 12.1 Å². The van der Waals surface area contributed by atoms with Crippen molar-refractivity contribution in [2.24, 2.45) is 0 Å². The summed E-state index contributed by atoms with van der Waals surface area (Å²) in [6, 6.07) is 10.5. The summed E-state index contributed by atoms with van der Waals surface area (Å²) in [6.45, 7) is 0.779. The van der Waals surface area contributed by atoms with Crippen molar-refractivity contribution in [2.75, 3.05) is 17.2 Å². The first-order valence-corrected chi connectivity index (χ1v) is 7.44. The predicted molar refractivity (Wildman–Crippen MR) is 87.6 cm³/mol. The van der Waals surface area contributed by atoms with Gasteiger partial charge in [-0.1, -0.05) is 12.1 Å². The molecule has 6 nitrogen and oxygen atoms in total. The van der Waals surface area contributed by atoms with E-state index >= 15 is 0 Å². The molecule has 124 valence electrons. The minimum atomic E-state index is -0.933. The van der Waals surface area contributed by atoms with Gasteiger partial charge in [-0.25, -0.2) is 14.0 Å². The van der Waals surface area contributed by atoms with E-state index in [0.717, 1.165) is 11.1 Å². The van der Waals surface area contributed by atoms with Crippen molar-refractivity contribution in [1.82, 2.24) is 4.90 Å². The summed E-state index contributed by atoms with van der Waals surface area (Å²) >= 11 is 0. The summed E-state index contributed by atoms with van der Waals surface area (Å²) in [5.41, 5.74) is 2.91. The van der Waals surface area contributed by atoms with Crippen LogP contribution in [0.1, 0.15) is 11.1 Å². The average molecular weight is 329 g/mol. The van der Waals surface area contributed by atoms with E-state index in [0.29, 0.717) is 30.9 Å². The maximum Gasteiger partial charge on any atom is 0.407 e. The number of carboxylic acid groups (broad SMARTS) is 1. The van der Waals surface area contributed by atoms with Crippen molar-refractivity contribution in [3.63, 3.8) is 0 Å². The molecule has 0 fully saturated rings. The number of urea groups is 1. The molecule has 0 aromatic heterocycles. The Labute approximate surface area is 137 Å². The molecule has 3 rings (SSSR count). The van der Waals surface area contributed by atoms with E-state index in [4.69, 9.17) is 5.11 Å². The highest BCUT2D eigenvalue weighted by Crippen LogP contribution is 2.23. The monoisotopic (exact) mass is 329 g/mol. The second-order valence-corrected chi connectivity index (χ2v) is 5.53. The van der Waals surface area contributed by atoms with E-state index in [-0.39, 0.29) is 0 Å². The Bertz CT molecular complexity index is 794. The SMILES string of the molecule is O=C(Nc1cccc(F)c1)Nc1ccc2c(c1)CCN(C(=O)O)C2. The molecule has 3 amide bonds. The molecule has 0 atom stereocenters. The Hall–Kier alpha value is -3.09. The smallest absolute Gasteiger partial charge is 0.407 e. The van der Waals surface area contributed by atoms with Gasteiger partial charge in [0, 0.05) is 24.5 Å². The molecule has 1 aliphatic heterocycles. The van der Waals surface area contributed by atoms with Crippen LogP contribution < -0.4 is 10.6 Å². The minimum Gasteiger partial charge on any atom is -0.465 e. The maximum absolute atomic E-state index is 13.1. The van der Waals surface area contributed by atoms with Gasteiger partial charge in [-0.2, -0.15) is 0 Å². The molecule has 0 bridgehead atoms. The third kappa shape index (κ3) is 3.62. The Balaban J connectivity index is 1.66. The standard InChI is InChI=1S/C17H16FN3O3/c18-13-2-1-3-14(9-13)19-16(22)20-15-5-4-12-10-21(17(23)24)7-6-11(12)8-15/h1-5,8-9H,6-7,10H2,(H,23,24)(H2,19,20,22). The van der Waals surface area contributed by atoms with Crippen LogP contribution in [0.3, 0.4) is 0 Å². The average Bonchev–Trinajstić information content (AvgIpc) is 2.54. The maximum atomic E-state index is 13.1. The zero-order chi connectivity index (χ0) is 17.1. The number of carbonyl (C=O) groups is 2. The third-order valence-corrected chi connectivity index (χ3v) is 3.83. The molecule has 0 unspecified atom stereocenters. The van der Waals surface area contributed by atoms with Gasteiger partial charge in [0.15, 0.2) is 0 Å². The molecular weight excluding hydrogens is 313 g/mol. The number of hydrogen-bond donors (Lipinski definition) is 3. The highest BCUT2D eigenvalue weighted by molar-refractivity contribution is 5.99. The second kappa shape index (κ2) is 6.57. The minimum absolute atomic E-state index is 0.348. The molecule has 3 N–H and O–H groups in total. The van der Waals surface area contributed by atoms with Crippen LogP contribution in [0.15, 0.2) is 42.5 Å². The van der Waals surface area contributed by atoms with Crippen LogP contribution in [-0.2, 0) is 13.0 Å². The lowest BCUT2D eigenvalue weighted by Gasteiger charge is -2.26. The lowest BCUT2D eigenvalue weighted by atomic mass is 9.99. The van der Waals surface area contributed by atoms with Crippen LogP contribution in [0.5, 0.6) is 0 Å². The first-order chi connectivity index (χ1) is 11.5.